The molecule has 1 aromatic carbocycles. The molecule has 0 saturated heterocycles. The number of benzene rings is 1. The summed E-state index contributed by atoms with van der Waals surface area (Å²) >= 11 is 0. The zero-order chi connectivity index (χ0) is 27.6. The lowest BCUT2D eigenvalue weighted by molar-refractivity contribution is -0.148. The van der Waals surface area contributed by atoms with Crippen molar-refractivity contribution in [2.45, 2.75) is 70.3 Å². The number of nitrogens with one attached hydrogen (secondary N) is 3. The molecule has 3 amide bonds. The molecule has 1 aromatic rings. The highest BCUT2D eigenvalue weighted by Crippen LogP contribution is 2.12. The number of aliphatic carboxylic acids is 2. The molecule has 13 heteroatoms. The van der Waals surface area contributed by atoms with Gasteiger partial charge in [-0.1, -0.05) is 26.0 Å². The van der Waals surface area contributed by atoms with Crippen molar-refractivity contribution in [1.29, 1.82) is 0 Å². The van der Waals surface area contributed by atoms with E-state index in [2.05, 4.69) is 10.6 Å². The second-order valence-corrected chi connectivity index (χ2v) is 8.89. The molecule has 200 valence electrons. The molecule has 5 unspecified atom stereocenters. The maximum atomic E-state index is 13.0. The number of carbonyl (C=O) groups is 5. The van der Waals surface area contributed by atoms with Gasteiger partial charge in [-0.15, -0.1) is 0 Å². The Bertz CT molecular complexity index is 934. The van der Waals surface area contributed by atoms with Gasteiger partial charge in [-0.2, -0.15) is 0 Å². The lowest BCUT2D eigenvalue weighted by atomic mass is 10.0. The summed E-state index contributed by atoms with van der Waals surface area (Å²) in [5.41, 5.74) is 6.65. The molecule has 36 heavy (non-hydrogen) atoms. The van der Waals surface area contributed by atoms with Gasteiger partial charge in [0.2, 0.25) is 17.7 Å². The Hall–Kier alpha value is -3.71. The summed E-state index contributed by atoms with van der Waals surface area (Å²) in [5, 5.41) is 44.2. The Morgan fingerprint density at radius 3 is 1.89 bits per heavy atom. The van der Waals surface area contributed by atoms with E-state index < -0.39 is 66.4 Å². The Morgan fingerprint density at radius 1 is 0.861 bits per heavy atom. The number of hydrogen-bond acceptors (Lipinski definition) is 8. The van der Waals surface area contributed by atoms with Crippen LogP contribution in [0.15, 0.2) is 24.3 Å². The molecule has 0 aliphatic heterocycles. The van der Waals surface area contributed by atoms with Crippen LogP contribution in [-0.2, 0) is 30.4 Å². The summed E-state index contributed by atoms with van der Waals surface area (Å²) in [7, 11) is 0. The van der Waals surface area contributed by atoms with Crippen LogP contribution in [0.3, 0.4) is 0 Å². The number of aliphatic hydroxyl groups excluding tert-OH is 1. The van der Waals surface area contributed by atoms with Crippen LogP contribution in [0.1, 0.15) is 39.2 Å². The maximum Gasteiger partial charge on any atom is 0.326 e. The van der Waals surface area contributed by atoms with Crippen molar-refractivity contribution >= 4 is 29.7 Å². The van der Waals surface area contributed by atoms with Gasteiger partial charge in [-0.3, -0.25) is 19.2 Å². The minimum absolute atomic E-state index is 0.0554. The highest BCUT2D eigenvalue weighted by molar-refractivity contribution is 5.95. The van der Waals surface area contributed by atoms with Crippen molar-refractivity contribution in [3.63, 3.8) is 0 Å². The summed E-state index contributed by atoms with van der Waals surface area (Å²) in [4.78, 5) is 60.3. The van der Waals surface area contributed by atoms with Crippen molar-refractivity contribution in [3.8, 4) is 5.75 Å². The number of hydrogen-bond donors (Lipinski definition) is 8. The predicted molar refractivity (Wildman–Crippen MR) is 127 cm³/mol. The highest BCUT2D eigenvalue weighted by Gasteiger charge is 2.33. The molecular weight excluding hydrogens is 476 g/mol. The van der Waals surface area contributed by atoms with Gasteiger partial charge in [-0.25, -0.2) is 4.79 Å². The number of phenols is 1. The third-order valence-corrected chi connectivity index (χ3v) is 5.12. The average Bonchev–Trinajstić information content (AvgIpc) is 2.76. The topological polar surface area (TPSA) is 228 Å². The minimum Gasteiger partial charge on any atom is -0.508 e. The van der Waals surface area contributed by atoms with Gasteiger partial charge in [0, 0.05) is 0 Å². The van der Waals surface area contributed by atoms with Gasteiger partial charge < -0.3 is 42.1 Å². The zero-order valence-corrected chi connectivity index (χ0v) is 20.3. The number of rotatable bonds is 14. The predicted octanol–water partition coefficient (Wildman–Crippen LogP) is -1.30. The molecule has 0 aromatic heterocycles. The first-order valence-electron chi connectivity index (χ1n) is 11.3. The number of nitrogens with two attached hydrogens (primary N) is 1. The van der Waals surface area contributed by atoms with E-state index in [9.17, 15) is 34.2 Å². The Kier molecular flexibility index (Phi) is 11.8. The molecule has 9 N–H and O–H groups in total. The largest absolute Gasteiger partial charge is 0.508 e. The molecule has 0 radical (unpaired) electrons. The van der Waals surface area contributed by atoms with Gasteiger partial charge in [0.05, 0.1) is 18.6 Å². The van der Waals surface area contributed by atoms with Crippen LogP contribution in [-0.4, -0.2) is 80.4 Å². The van der Waals surface area contributed by atoms with E-state index in [1.165, 1.54) is 19.1 Å². The standard InChI is InChI=1S/C23H34N4O9/c1-11(2)8-16(25-20(32)15(24)9-13-4-6-14(29)7-5-13)21(33)27-19(12(3)28)22(34)26-17(23(35)36)10-18(30)31/h4-7,11-12,15-17,19,28-29H,8-10,24H2,1-3H3,(H,25,32)(H,26,34)(H,27,33)(H,30,31)(H,35,36). The van der Waals surface area contributed by atoms with Crippen molar-refractivity contribution in [2.75, 3.05) is 0 Å². The molecule has 13 nitrogen and oxygen atoms in total. The lowest BCUT2D eigenvalue weighted by Gasteiger charge is -2.27. The van der Waals surface area contributed by atoms with Gasteiger partial charge in [0.25, 0.3) is 0 Å². The molecule has 1 rings (SSSR count). The summed E-state index contributed by atoms with van der Waals surface area (Å²) in [6, 6.07) is 0.529. The van der Waals surface area contributed by atoms with Crippen LogP contribution in [0.25, 0.3) is 0 Å². The van der Waals surface area contributed by atoms with Gasteiger partial charge in [-0.05, 0) is 43.4 Å². The Morgan fingerprint density at radius 2 is 1.42 bits per heavy atom. The van der Waals surface area contributed by atoms with E-state index in [1.54, 1.807) is 26.0 Å². The van der Waals surface area contributed by atoms with E-state index in [0.717, 1.165) is 0 Å². The van der Waals surface area contributed by atoms with E-state index in [4.69, 9.17) is 15.9 Å². The second kappa shape index (κ2) is 14.0. The van der Waals surface area contributed by atoms with Crippen LogP contribution in [0.2, 0.25) is 0 Å². The maximum absolute atomic E-state index is 13.0. The van der Waals surface area contributed by atoms with Gasteiger partial charge in [0.1, 0.15) is 23.9 Å². The number of carboxylic acid groups (broad SMARTS) is 2. The van der Waals surface area contributed by atoms with E-state index in [1.807, 2.05) is 5.32 Å². The smallest absolute Gasteiger partial charge is 0.326 e. The third kappa shape index (κ3) is 10.3. The van der Waals surface area contributed by atoms with E-state index in [-0.39, 0.29) is 24.5 Å². The molecule has 0 fully saturated rings. The Balaban J connectivity index is 2.94. The van der Waals surface area contributed by atoms with E-state index >= 15 is 0 Å². The lowest BCUT2D eigenvalue weighted by Crippen LogP contribution is -2.60. The van der Waals surface area contributed by atoms with E-state index in [0.29, 0.717) is 5.56 Å². The third-order valence-electron chi connectivity index (χ3n) is 5.12. The fourth-order valence-electron chi connectivity index (χ4n) is 3.26. The first kappa shape index (κ1) is 30.3. The SMILES string of the molecule is CC(C)CC(NC(=O)C(N)Cc1ccc(O)cc1)C(=O)NC(C(=O)NC(CC(=O)O)C(=O)O)C(C)O. The molecule has 0 spiro atoms. The first-order valence-corrected chi connectivity index (χ1v) is 11.3. The number of aliphatic hydroxyl groups is 1. The molecule has 0 saturated carbocycles. The zero-order valence-electron chi connectivity index (χ0n) is 20.3. The highest BCUT2D eigenvalue weighted by atomic mass is 16.4. The van der Waals surface area contributed by atoms with Crippen LogP contribution in [0.5, 0.6) is 5.75 Å². The second-order valence-electron chi connectivity index (χ2n) is 8.89. The van der Waals surface area contributed by atoms with Crippen molar-refractivity contribution in [3.05, 3.63) is 29.8 Å². The van der Waals surface area contributed by atoms with Crippen molar-refractivity contribution < 1.29 is 44.4 Å². The van der Waals surface area contributed by atoms with Crippen LogP contribution in [0.4, 0.5) is 0 Å². The summed E-state index contributed by atoms with van der Waals surface area (Å²) in [6.07, 6.45) is -2.09. The molecule has 0 heterocycles. The summed E-state index contributed by atoms with van der Waals surface area (Å²) in [5.74, 6) is -5.65. The van der Waals surface area contributed by atoms with Crippen LogP contribution in [0, 0.1) is 5.92 Å². The quantitative estimate of drug-likeness (QED) is 0.147. The normalized spacial score (nSPS) is 15.2. The van der Waals surface area contributed by atoms with Crippen molar-refractivity contribution in [1.82, 2.24) is 16.0 Å². The number of carbonyl (C=O) groups excluding carboxylic acids is 3. The summed E-state index contributed by atoms with van der Waals surface area (Å²) < 4.78 is 0. The molecule has 0 aliphatic rings. The Labute approximate surface area is 208 Å². The van der Waals surface area contributed by atoms with Crippen molar-refractivity contribution in [2.24, 2.45) is 11.7 Å². The number of aromatic hydroxyl groups is 1. The number of amides is 3. The monoisotopic (exact) mass is 510 g/mol. The van der Waals surface area contributed by atoms with Crippen LogP contribution < -0.4 is 21.7 Å². The van der Waals surface area contributed by atoms with Gasteiger partial charge in [0.15, 0.2) is 0 Å². The molecular formula is C23H34N4O9. The first-order chi connectivity index (χ1) is 16.7. The molecule has 0 aliphatic carbocycles. The molecule has 0 bridgehead atoms. The van der Waals surface area contributed by atoms with Crippen LogP contribution >= 0.6 is 0 Å². The minimum atomic E-state index is -1.78. The fraction of sp³-hybridized carbons (Fsp3) is 0.522. The number of phenolic OH excluding ortho intramolecular Hbond substituents is 1. The average molecular weight is 511 g/mol. The summed E-state index contributed by atoms with van der Waals surface area (Å²) in [6.45, 7) is 4.77. The molecule has 5 atom stereocenters. The fourth-order valence-corrected chi connectivity index (χ4v) is 3.26. The number of carboxylic acids is 2. The van der Waals surface area contributed by atoms with Gasteiger partial charge >= 0.3 is 11.9 Å².